The van der Waals surface area contributed by atoms with Gasteiger partial charge in [0.1, 0.15) is 5.56 Å². The summed E-state index contributed by atoms with van der Waals surface area (Å²) < 4.78 is 1.65. The summed E-state index contributed by atoms with van der Waals surface area (Å²) in [5, 5.41) is 5.39. The van der Waals surface area contributed by atoms with Crippen LogP contribution in [0.25, 0.3) is 0 Å². The van der Waals surface area contributed by atoms with E-state index in [2.05, 4.69) is 10.4 Å². The molecule has 0 aliphatic rings. The fourth-order valence-corrected chi connectivity index (χ4v) is 1.36. The monoisotopic (exact) mass is 225 g/mol. The average Bonchev–Trinajstić information content (AvgIpc) is 2.60. The SMILES string of the molecule is CCCn1cc(C(=O)NC(C)CC)c(=O)[nH]1. The van der Waals surface area contributed by atoms with Crippen molar-refractivity contribution in [2.75, 3.05) is 0 Å². The van der Waals surface area contributed by atoms with E-state index in [4.69, 9.17) is 0 Å². The number of rotatable bonds is 5. The van der Waals surface area contributed by atoms with E-state index in [1.54, 1.807) is 10.9 Å². The number of H-pyrrole nitrogens is 1. The van der Waals surface area contributed by atoms with Gasteiger partial charge in [-0.25, -0.2) is 0 Å². The number of nitrogens with zero attached hydrogens (tertiary/aromatic N) is 1. The van der Waals surface area contributed by atoms with E-state index in [0.717, 1.165) is 12.8 Å². The molecule has 5 nitrogen and oxygen atoms in total. The number of aromatic nitrogens is 2. The average molecular weight is 225 g/mol. The molecule has 0 saturated carbocycles. The third-order valence-corrected chi connectivity index (χ3v) is 2.47. The predicted molar refractivity (Wildman–Crippen MR) is 62.6 cm³/mol. The van der Waals surface area contributed by atoms with Gasteiger partial charge in [-0.2, -0.15) is 0 Å². The molecule has 0 aliphatic carbocycles. The van der Waals surface area contributed by atoms with Crippen molar-refractivity contribution in [3.05, 3.63) is 22.1 Å². The second kappa shape index (κ2) is 5.53. The van der Waals surface area contributed by atoms with Crippen LogP contribution in [0.4, 0.5) is 0 Å². The Morgan fingerprint density at radius 1 is 1.56 bits per heavy atom. The van der Waals surface area contributed by atoms with Crippen molar-refractivity contribution in [3.8, 4) is 0 Å². The first-order valence-corrected chi connectivity index (χ1v) is 5.68. The molecule has 0 aliphatic heterocycles. The van der Waals surface area contributed by atoms with Crippen LogP contribution in [0.1, 0.15) is 44.0 Å². The number of amides is 1. The summed E-state index contributed by atoms with van der Waals surface area (Å²) in [5.41, 5.74) is -0.136. The van der Waals surface area contributed by atoms with Gasteiger partial charge in [0.05, 0.1) is 0 Å². The summed E-state index contributed by atoms with van der Waals surface area (Å²) >= 11 is 0. The molecule has 0 spiro atoms. The molecule has 0 radical (unpaired) electrons. The zero-order valence-electron chi connectivity index (χ0n) is 10.0. The minimum atomic E-state index is -0.325. The second-order valence-corrected chi connectivity index (χ2v) is 3.96. The molecule has 2 N–H and O–H groups in total. The van der Waals surface area contributed by atoms with Crippen LogP contribution in [-0.2, 0) is 6.54 Å². The molecule has 5 heteroatoms. The van der Waals surface area contributed by atoms with Gasteiger partial charge in [-0.1, -0.05) is 13.8 Å². The van der Waals surface area contributed by atoms with Gasteiger partial charge in [-0.15, -0.1) is 0 Å². The van der Waals surface area contributed by atoms with E-state index >= 15 is 0 Å². The molecule has 90 valence electrons. The minimum Gasteiger partial charge on any atom is -0.349 e. The molecular formula is C11H19N3O2. The van der Waals surface area contributed by atoms with Gasteiger partial charge in [-0.3, -0.25) is 19.4 Å². The van der Waals surface area contributed by atoms with E-state index in [0.29, 0.717) is 6.54 Å². The largest absolute Gasteiger partial charge is 0.349 e. The zero-order chi connectivity index (χ0) is 12.1. The van der Waals surface area contributed by atoms with E-state index in [-0.39, 0.29) is 23.1 Å². The molecule has 1 atom stereocenters. The Morgan fingerprint density at radius 2 is 2.25 bits per heavy atom. The maximum Gasteiger partial charge on any atom is 0.276 e. The third kappa shape index (κ3) is 2.98. The lowest BCUT2D eigenvalue weighted by molar-refractivity contribution is 0.0938. The number of carbonyl (C=O) groups is 1. The highest BCUT2D eigenvalue weighted by molar-refractivity contribution is 5.93. The van der Waals surface area contributed by atoms with Crippen molar-refractivity contribution in [1.29, 1.82) is 0 Å². The van der Waals surface area contributed by atoms with Crippen LogP contribution in [0.15, 0.2) is 11.0 Å². The molecule has 0 aromatic carbocycles. The highest BCUT2D eigenvalue weighted by Gasteiger charge is 2.14. The van der Waals surface area contributed by atoms with Gasteiger partial charge in [0.2, 0.25) is 0 Å². The zero-order valence-corrected chi connectivity index (χ0v) is 10.0. The van der Waals surface area contributed by atoms with Gasteiger partial charge in [0, 0.05) is 18.8 Å². The van der Waals surface area contributed by atoms with Crippen LogP contribution in [-0.4, -0.2) is 21.7 Å². The predicted octanol–water partition coefficient (Wildman–Crippen LogP) is 1.11. The molecule has 0 fully saturated rings. The first-order chi connectivity index (χ1) is 7.58. The summed E-state index contributed by atoms with van der Waals surface area (Å²) in [7, 11) is 0. The lowest BCUT2D eigenvalue weighted by atomic mass is 10.2. The van der Waals surface area contributed by atoms with E-state index in [1.807, 2.05) is 20.8 Å². The molecule has 1 aromatic heterocycles. The van der Waals surface area contributed by atoms with Crippen molar-refractivity contribution in [1.82, 2.24) is 15.1 Å². The Kier molecular flexibility index (Phi) is 4.34. The lowest BCUT2D eigenvalue weighted by Gasteiger charge is -2.09. The van der Waals surface area contributed by atoms with E-state index in [1.165, 1.54) is 0 Å². The van der Waals surface area contributed by atoms with Crippen molar-refractivity contribution < 1.29 is 4.79 Å². The molecule has 0 bridgehead atoms. The molecule has 0 saturated heterocycles. The molecule has 16 heavy (non-hydrogen) atoms. The Morgan fingerprint density at radius 3 is 2.81 bits per heavy atom. The van der Waals surface area contributed by atoms with Crippen molar-refractivity contribution in [3.63, 3.8) is 0 Å². The van der Waals surface area contributed by atoms with Gasteiger partial charge < -0.3 is 5.32 Å². The fourth-order valence-electron chi connectivity index (χ4n) is 1.36. The first-order valence-electron chi connectivity index (χ1n) is 5.68. The number of aromatic amines is 1. The first kappa shape index (κ1) is 12.5. The standard InChI is InChI=1S/C11H19N3O2/c1-4-6-14-7-9(11(16)13-14)10(15)12-8(3)5-2/h7-8H,4-6H2,1-3H3,(H,12,15)(H,13,16). The normalized spacial score (nSPS) is 12.4. The van der Waals surface area contributed by atoms with Crippen molar-refractivity contribution in [2.45, 2.75) is 46.2 Å². The Balaban J connectivity index is 2.79. The molecule has 1 heterocycles. The molecule has 1 unspecified atom stereocenters. The van der Waals surface area contributed by atoms with Crippen LogP contribution in [0, 0.1) is 0 Å². The number of hydrogen-bond donors (Lipinski definition) is 2. The minimum absolute atomic E-state index is 0.0847. The van der Waals surface area contributed by atoms with Crippen LogP contribution < -0.4 is 10.9 Å². The molecule has 1 amide bonds. The van der Waals surface area contributed by atoms with E-state index in [9.17, 15) is 9.59 Å². The Bertz CT molecular complexity index is 406. The van der Waals surface area contributed by atoms with E-state index < -0.39 is 0 Å². The Hall–Kier alpha value is -1.52. The van der Waals surface area contributed by atoms with Gasteiger partial charge in [0.15, 0.2) is 0 Å². The van der Waals surface area contributed by atoms with Crippen LogP contribution >= 0.6 is 0 Å². The molecule has 1 rings (SSSR count). The summed E-state index contributed by atoms with van der Waals surface area (Å²) in [5.74, 6) is -0.301. The second-order valence-electron chi connectivity index (χ2n) is 3.96. The van der Waals surface area contributed by atoms with Gasteiger partial charge in [0.25, 0.3) is 11.5 Å². The van der Waals surface area contributed by atoms with Crippen molar-refractivity contribution >= 4 is 5.91 Å². The van der Waals surface area contributed by atoms with Gasteiger partial charge >= 0.3 is 0 Å². The quantitative estimate of drug-likeness (QED) is 0.788. The summed E-state index contributed by atoms with van der Waals surface area (Å²) in [6.45, 7) is 6.62. The number of aryl methyl sites for hydroxylation is 1. The van der Waals surface area contributed by atoms with Crippen LogP contribution in [0.5, 0.6) is 0 Å². The summed E-state index contributed by atoms with van der Waals surface area (Å²) in [6.07, 6.45) is 3.33. The summed E-state index contributed by atoms with van der Waals surface area (Å²) in [4.78, 5) is 23.2. The van der Waals surface area contributed by atoms with Gasteiger partial charge in [-0.05, 0) is 19.8 Å². The third-order valence-electron chi connectivity index (χ3n) is 2.47. The Labute approximate surface area is 94.8 Å². The topological polar surface area (TPSA) is 66.9 Å². The van der Waals surface area contributed by atoms with Crippen LogP contribution in [0.2, 0.25) is 0 Å². The lowest BCUT2D eigenvalue weighted by Crippen LogP contribution is -2.34. The fraction of sp³-hybridized carbons (Fsp3) is 0.636. The number of nitrogens with one attached hydrogen (secondary N) is 2. The smallest absolute Gasteiger partial charge is 0.276 e. The highest BCUT2D eigenvalue weighted by atomic mass is 16.2. The molecular weight excluding hydrogens is 206 g/mol. The molecule has 1 aromatic rings. The van der Waals surface area contributed by atoms with Crippen molar-refractivity contribution in [2.24, 2.45) is 0 Å². The van der Waals surface area contributed by atoms with Crippen LogP contribution in [0.3, 0.4) is 0 Å². The highest BCUT2D eigenvalue weighted by Crippen LogP contribution is 1.96. The number of carbonyl (C=O) groups excluding carboxylic acids is 1. The summed E-state index contributed by atoms with van der Waals surface area (Å²) in [6, 6.07) is 0.0847. The number of hydrogen-bond acceptors (Lipinski definition) is 2. The maximum absolute atomic E-state index is 11.7. The maximum atomic E-state index is 11.7.